The van der Waals surface area contributed by atoms with E-state index < -0.39 is 0 Å². The number of thiol groups is 1. The van der Waals surface area contributed by atoms with Gasteiger partial charge in [-0.15, -0.1) is 0 Å². The van der Waals surface area contributed by atoms with Gasteiger partial charge in [0.25, 0.3) is 0 Å². The lowest BCUT2D eigenvalue weighted by atomic mass is 10.0. The minimum Gasteiger partial charge on any atom is -0.277 e. The summed E-state index contributed by atoms with van der Waals surface area (Å²) in [5.74, 6) is 0. The van der Waals surface area contributed by atoms with Crippen LogP contribution in [0.4, 0.5) is 5.69 Å². The minimum absolute atomic E-state index is 0.720. The van der Waals surface area contributed by atoms with E-state index in [4.69, 9.17) is 0 Å². The van der Waals surface area contributed by atoms with E-state index in [0.29, 0.717) is 0 Å². The number of fused-ring (bicyclic) bond motifs is 2. The van der Waals surface area contributed by atoms with E-state index >= 15 is 0 Å². The van der Waals surface area contributed by atoms with E-state index in [9.17, 15) is 4.79 Å². The van der Waals surface area contributed by atoms with Crippen molar-refractivity contribution in [2.45, 2.75) is 0 Å². The lowest BCUT2D eigenvalue weighted by Crippen LogP contribution is -2.07. The molecule has 0 unspecified atom stereocenters. The Morgan fingerprint density at radius 1 is 0.889 bits per heavy atom. The molecule has 0 atom stereocenters. The fraction of sp³-hybridized carbons (Fsp3) is 0. The predicted molar refractivity (Wildman–Crippen MR) is 79.0 cm³/mol. The van der Waals surface area contributed by atoms with Crippen LogP contribution < -0.4 is 4.31 Å². The van der Waals surface area contributed by atoms with Crippen molar-refractivity contribution in [1.29, 1.82) is 0 Å². The highest BCUT2D eigenvalue weighted by Gasteiger charge is 2.11. The van der Waals surface area contributed by atoms with Gasteiger partial charge in [0.15, 0.2) is 0 Å². The molecule has 0 N–H and O–H groups in total. The summed E-state index contributed by atoms with van der Waals surface area (Å²) in [4.78, 5) is 11.0. The molecule has 3 rings (SSSR count). The molecule has 0 radical (unpaired) electrons. The molecule has 88 valence electrons. The Bertz CT molecular complexity index is 685. The zero-order valence-corrected chi connectivity index (χ0v) is 10.5. The fourth-order valence-corrected chi connectivity index (χ4v) is 2.50. The van der Waals surface area contributed by atoms with Crippen molar-refractivity contribution in [3.63, 3.8) is 0 Å². The molecule has 0 saturated carbocycles. The first-order valence-corrected chi connectivity index (χ1v) is 6.05. The van der Waals surface area contributed by atoms with Gasteiger partial charge in [-0.2, -0.15) is 0 Å². The molecule has 3 aromatic rings. The first kappa shape index (κ1) is 11.1. The van der Waals surface area contributed by atoms with E-state index in [1.807, 2.05) is 48.5 Å². The predicted octanol–water partition coefficient (Wildman–Crippen LogP) is 3.80. The second-order valence-electron chi connectivity index (χ2n) is 4.12. The van der Waals surface area contributed by atoms with Crippen molar-refractivity contribution >= 4 is 46.5 Å². The molecule has 0 aliphatic rings. The quantitative estimate of drug-likeness (QED) is 0.418. The van der Waals surface area contributed by atoms with Gasteiger partial charge in [-0.3, -0.25) is 9.10 Å². The molecule has 0 heterocycles. The summed E-state index contributed by atoms with van der Waals surface area (Å²) in [5, 5.41) is 4.26. The summed E-state index contributed by atoms with van der Waals surface area (Å²) in [6.07, 6.45) is 0.720. The number of hydrogen-bond acceptors (Lipinski definition) is 2. The zero-order valence-electron chi connectivity index (χ0n) is 9.58. The van der Waals surface area contributed by atoms with E-state index in [-0.39, 0.29) is 0 Å². The Morgan fingerprint density at radius 2 is 1.39 bits per heavy atom. The Hall–Kier alpha value is -2.00. The molecule has 0 bridgehead atoms. The van der Waals surface area contributed by atoms with Crippen molar-refractivity contribution in [2.75, 3.05) is 4.31 Å². The Kier molecular flexibility index (Phi) is 2.68. The molecule has 3 aromatic carbocycles. The number of carbonyl (C=O) groups excluding carboxylic acids is 1. The molecular weight excluding hydrogens is 242 g/mol. The Morgan fingerprint density at radius 3 is 1.89 bits per heavy atom. The summed E-state index contributed by atoms with van der Waals surface area (Å²) >= 11 is 4.24. The maximum absolute atomic E-state index is 11.0. The summed E-state index contributed by atoms with van der Waals surface area (Å²) in [7, 11) is 0. The van der Waals surface area contributed by atoms with Crippen LogP contribution in [-0.4, -0.2) is 6.41 Å². The number of nitrogens with zero attached hydrogens (tertiary/aromatic N) is 1. The van der Waals surface area contributed by atoms with Crippen LogP contribution in [-0.2, 0) is 4.79 Å². The molecular formula is C15H11NOS. The highest BCUT2D eigenvalue weighted by atomic mass is 32.1. The van der Waals surface area contributed by atoms with Crippen molar-refractivity contribution in [1.82, 2.24) is 0 Å². The summed E-state index contributed by atoms with van der Waals surface area (Å²) in [5.41, 5.74) is 0.835. The van der Waals surface area contributed by atoms with Crippen molar-refractivity contribution in [3.8, 4) is 0 Å². The van der Waals surface area contributed by atoms with Crippen molar-refractivity contribution in [3.05, 3.63) is 54.6 Å². The molecule has 18 heavy (non-hydrogen) atoms. The summed E-state index contributed by atoms with van der Waals surface area (Å²) in [6, 6.07) is 18.1. The first-order valence-electron chi connectivity index (χ1n) is 5.65. The number of anilines is 1. The molecule has 0 saturated heterocycles. The number of benzene rings is 3. The van der Waals surface area contributed by atoms with Crippen LogP contribution in [0, 0.1) is 0 Å². The molecule has 2 nitrogen and oxygen atoms in total. The van der Waals surface area contributed by atoms with Crippen LogP contribution in [0.1, 0.15) is 0 Å². The summed E-state index contributed by atoms with van der Waals surface area (Å²) in [6.45, 7) is 0. The van der Waals surface area contributed by atoms with Gasteiger partial charge in [0.05, 0.1) is 5.69 Å². The lowest BCUT2D eigenvalue weighted by Gasteiger charge is -2.16. The van der Waals surface area contributed by atoms with Gasteiger partial charge >= 0.3 is 0 Å². The molecule has 0 aromatic heterocycles. The van der Waals surface area contributed by atoms with Gasteiger partial charge in [-0.1, -0.05) is 61.3 Å². The Labute approximate surface area is 110 Å². The zero-order chi connectivity index (χ0) is 12.5. The molecule has 0 aliphatic carbocycles. The van der Waals surface area contributed by atoms with Crippen LogP contribution in [0.25, 0.3) is 21.5 Å². The number of hydrogen-bond donors (Lipinski definition) is 1. The topological polar surface area (TPSA) is 20.3 Å². The lowest BCUT2D eigenvalue weighted by molar-refractivity contribution is -0.106. The normalized spacial score (nSPS) is 10.7. The SMILES string of the molecule is O=CN(S)c1c2ccccc2cc2ccccc12. The van der Waals surface area contributed by atoms with Crippen molar-refractivity contribution < 1.29 is 4.79 Å². The van der Waals surface area contributed by atoms with Gasteiger partial charge in [-0.05, 0) is 16.8 Å². The summed E-state index contributed by atoms with van der Waals surface area (Å²) < 4.78 is 1.34. The van der Waals surface area contributed by atoms with E-state index in [2.05, 4.69) is 18.9 Å². The molecule has 3 heteroatoms. The van der Waals surface area contributed by atoms with Crippen LogP contribution >= 0.6 is 12.8 Å². The number of carbonyl (C=O) groups is 1. The molecule has 0 aliphatic heterocycles. The highest BCUT2D eigenvalue weighted by molar-refractivity contribution is 7.82. The van der Waals surface area contributed by atoms with Gasteiger partial charge in [0.2, 0.25) is 6.41 Å². The smallest absolute Gasteiger partial charge is 0.224 e. The van der Waals surface area contributed by atoms with Gasteiger partial charge in [-0.25, -0.2) is 0 Å². The molecule has 0 spiro atoms. The van der Waals surface area contributed by atoms with Crippen LogP contribution in [0.15, 0.2) is 54.6 Å². The first-order chi connectivity index (χ1) is 8.81. The molecule has 1 amide bonds. The van der Waals surface area contributed by atoms with E-state index in [1.54, 1.807) is 0 Å². The largest absolute Gasteiger partial charge is 0.277 e. The monoisotopic (exact) mass is 253 g/mol. The van der Waals surface area contributed by atoms with Crippen LogP contribution in [0.2, 0.25) is 0 Å². The Balaban J connectivity index is 2.53. The molecule has 0 fully saturated rings. The van der Waals surface area contributed by atoms with E-state index in [1.165, 1.54) is 4.31 Å². The maximum Gasteiger partial charge on any atom is 0.224 e. The average Bonchev–Trinajstić information content (AvgIpc) is 2.44. The third-order valence-corrected chi connectivity index (χ3v) is 3.37. The third kappa shape index (κ3) is 1.64. The minimum atomic E-state index is 0.720. The fourth-order valence-electron chi connectivity index (χ4n) is 2.29. The standard InChI is InChI=1S/C15H11NOS/c17-10-16(18)15-13-7-3-1-5-11(13)9-12-6-2-4-8-14(12)15/h1-10,18H. The van der Waals surface area contributed by atoms with Gasteiger partial charge in [0, 0.05) is 10.8 Å². The second-order valence-corrected chi connectivity index (χ2v) is 4.55. The number of rotatable bonds is 2. The number of amides is 1. The van der Waals surface area contributed by atoms with Gasteiger partial charge in [0.1, 0.15) is 0 Å². The van der Waals surface area contributed by atoms with Crippen LogP contribution in [0.5, 0.6) is 0 Å². The van der Waals surface area contributed by atoms with Crippen molar-refractivity contribution in [2.24, 2.45) is 0 Å². The highest BCUT2D eigenvalue weighted by Crippen LogP contribution is 2.35. The van der Waals surface area contributed by atoms with Gasteiger partial charge < -0.3 is 0 Å². The third-order valence-electron chi connectivity index (χ3n) is 3.07. The second kappa shape index (κ2) is 4.35. The van der Waals surface area contributed by atoms with E-state index in [0.717, 1.165) is 33.6 Å². The average molecular weight is 253 g/mol. The van der Waals surface area contributed by atoms with Crippen LogP contribution in [0.3, 0.4) is 0 Å². The maximum atomic E-state index is 11.0.